The third-order valence-electron chi connectivity index (χ3n) is 6.82. The van der Waals surface area contributed by atoms with Gasteiger partial charge < -0.3 is 10.3 Å². The monoisotopic (exact) mass is 533 g/mol. The first kappa shape index (κ1) is 28.5. The molecule has 0 saturated heterocycles. The summed E-state index contributed by atoms with van der Waals surface area (Å²) in [7, 11) is 0. The summed E-state index contributed by atoms with van der Waals surface area (Å²) < 4.78 is 2.23. The van der Waals surface area contributed by atoms with Gasteiger partial charge in [0.1, 0.15) is 11.3 Å². The number of hydrazine groups is 1. The zero-order chi connectivity index (χ0) is 28.6. The maximum absolute atomic E-state index is 6.27. The molecule has 40 heavy (non-hydrogen) atoms. The third-order valence-corrected chi connectivity index (χ3v) is 6.82. The number of amidine groups is 1. The van der Waals surface area contributed by atoms with Crippen LogP contribution in [0.2, 0.25) is 0 Å². The topological polar surface area (TPSA) is 107 Å². The van der Waals surface area contributed by atoms with E-state index in [2.05, 4.69) is 95.8 Å². The third kappa shape index (κ3) is 6.21. The van der Waals surface area contributed by atoms with Crippen LogP contribution in [0.1, 0.15) is 60.1 Å². The van der Waals surface area contributed by atoms with Crippen molar-refractivity contribution in [2.75, 3.05) is 0 Å². The second-order valence-corrected chi connectivity index (χ2v) is 9.59. The van der Waals surface area contributed by atoms with Gasteiger partial charge >= 0.3 is 0 Å². The highest BCUT2D eigenvalue weighted by atomic mass is 15.5. The fourth-order valence-corrected chi connectivity index (χ4v) is 4.98. The van der Waals surface area contributed by atoms with E-state index in [1.165, 1.54) is 16.7 Å². The first-order valence-corrected chi connectivity index (χ1v) is 13.9. The normalized spacial score (nSPS) is 11.3. The van der Waals surface area contributed by atoms with Gasteiger partial charge in [0, 0.05) is 17.7 Å². The molecule has 5 N–H and O–H groups in total. The minimum Gasteiger partial charge on any atom is -0.382 e. The summed E-state index contributed by atoms with van der Waals surface area (Å²) in [6.07, 6.45) is 1.68. The molecule has 0 atom stereocenters. The van der Waals surface area contributed by atoms with Gasteiger partial charge in [0.2, 0.25) is 0 Å². The molecule has 2 heterocycles. The number of aromatic nitrogens is 3. The molecule has 0 aliphatic rings. The summed E-state index contributed by atoms with van der Waals surface area (Å²) in [6.45, 7) is 11.0. The Bertz CT molecular complexity index is 1600. The first-order valence-electron chi connectivity index (χ1n) is 13.9. The van der Waals surface area contributed by atoms with Crippen LogP contribution in [0.25, 0.3) is 22.3 Å². The quantitative estimate of drug-likeness (QED) is 0.0978. The number of fused-ring (bicyclic) bond motifs is 1. The van der Waals surface area contributed by atoms with Gasteiger partial charge in [-0.1, -0.05) is 93.6 Å². The van der Waals surface area contributed by atoms with Crippen molar-refractivity contribution in [3.8, 4) is 11.1 Å². The van der Waals surface area contributed by atoms with Gasteiger partial charge in [-0.05, 0) is 59.7 Å². The molecule has 0 unspecified atom stereocenters. The lowest BCUT2D eigenvalue weighted by molar-refractivity contribution is 0.745. The van der Waals surface area contributed by atoms with E-state index in [0.717, 1.165) is 57.8 Å². The van der Waals surface area contributed by atoms with E-state index < -0.39 is 0 Å². The van der Waals surface area contributed by atoms with Crippen LogP contribution in [0.3, 0.4) is 0 Å². The fourth-order valence-electron chi connectivity index (χ4n) is 4.98. The number of benzene rings is 3. The summed E-state index contributed by atoms with van der Waals surface area (Å²) in [5, 5.41) is 4.03. The smallest absolute Gasteiger partial charge is 0.160 e. The van der Waals surface area contributed by atoms with Crippen molar-refractivity contribution in [1.29, 1.82) is 0 Å². The Morgan fingerprint density at radius 1 is 0.875 bits per heavy atom. The Balaban J connectivity index is 0.00000181. The lowest BCUT2D eigenvalue weighted by Gasteiger charge is -2.14. The van der Waals surface area contributed by atoms with E-state index in [0.29, 0.717) is 12.4 Å². The molecule has 0 aliphatic carbocycles. The standard InChI is InChI=1S/C31H33N7.C2H6/c1-4-28-35-29-20(2)16-21(3)34-31(29)38(28)19-23-10-13-25(14-11-23)27-18-24(17-22-8-6-5-7-9-22)12-15-26(27)30(32)36-37-33;1-2/h5-16,18,37H,4,17,19,33H2,1-3H3,(H2,32,36);1-2H3. The minimum absolute atomic E-state index is 0.340. The van der Waals surface area contributed by atoms with Crippen molar-refractivity contribution in [3.63, 3.8) is 0 Å². The Kier molecular flexibility index (Phi) is 9.30. The molecule has 5 rings (SSSR count). The second kappa shape index (κ2) is 13.0. The zero-order valence-corrected chi connectivity index (χ0v) is 24.1. The van der Waals surface area contributed by atoms with E-state index in [4.69, 9.17) is 21.5 Å². The molecule has 0 amide bonds. The highest BCUT2D eigenvalue weighted by Gasteiger charge is 2.15. The molecule has 0 bridgehead atoms. The Hall–Kier alpha value is -4.49. The molecular weight excluding hydrogens is 494 g/mol. The number of hydrogen-bond acceptors (Lipinski definition) is 5. The van der Waals surface area contributed by atoms with E-state index in [1.807, 2.05) is 32.9 Å². The molecule has 3 aromatic carbocycles. The summed E-state index contributed by atoms with van der Waals surface area (Å²) >= 11 is 0. The molecule has 206 valence electrons. The van der Waals surface area contributed by atoms with Crippen molar-refractivity contribution in [1.82, 2.24) is 20.1 Å². The van der Waals surface area contributed by atoms with E-state index in [9.17, 15) is 0 Å². The number of nitrogens with zero attached hydrogens (tertiary/aromatic N) is 4. The maximum Gasteiger partial charge on any atom is 0.160 e. The second-order valence-electron chi connectivity index (χ2n) is 9.59. The van der Waals surface area contributed by atoms with E-state index in [-0.39, 0.29) is 0 Å². The number of rotatable bonds is 8. The van der Waals surface area contributed by atoms with Gasteiger partial charge in [-0.3, -0.25) is 0 Å². The summed E-state index contributed by atoms with van der Waals surface area (Å²) in [5.74, 6) is 6.80. The molecule has 7 heteroatoms. The predicted octanol–water partition coefficient (Wildman–Crippen LogP) is 6.03. The Labute approximate surface area is 236 Å². The van der Waals surface area contributed by atoms with Crippen LogP contribution in [-0.4, -0.2) is 20.4 Å². The van der Waals surface area contributed by atoms with Crippen LogP contribution in [0, 0.1) is 13.8 Å². The van der Waals surface area contributed by atoms with Crippen LogP contribution in [0.5, 0.6) is 0 Å². The minimum atomic E-state index is 0.340. The Morgan fingerprint density at radius 3 is 2.25 bits per heavy atom. The fraction of sp³-hybridized carbons (Fsp3) is 0.242. The van der Waals surface area contributed by atoms with Crippen molar-refractivity contribution < 1.29 is 0 Å². The number of pyridine rings is 1. The summed E-state index contributed by atoms with van der Waals surface area (Å²) in [5.41, 5.74) is 19.2. The molecule has 0 fully saturated rings. The van der Waals surface area contributed by atoms with Crippen LogP contribution >= 0.6 is 0 Å². The number of imidazole rings is 1. The average molecular weight is 534 g/mol. The van der Waals surface area contributed by atoms with Crippen LogP contribution in [-0.2, 0) is 19.4 Å². The maximum atomic E-state index is 6.27. The Morgan fingerprint density at radius 2 is 1.57 bits per heavy atom. The van der Waals surface area contributed by atoms with Gasteiger partial charge in [0.15, 0.2) is 11.5 Å². The van der Waals surface area contributed by atoms with E-state index >= 15 is 0 Å². The van der Waals surface area contributed by atoms with Crippen LogP contribution in [0.15, 0.2) is 84.0 Å². The van der Waals surface area contributed by atoms with E-state index in [1.54, 1.807) is 0 Å². The van der Waals surface area contributed by atoms with Crippen molar-refractivity contribution in [2.24, 2.45) is 16.7 Å². The van der Waals surface area contributed by atoms with Crippen molar-refractivity contribution in [3.05, 3.63) is 118 Å². The van der Waals surface area contributed by atoms with Crippen LogP contribution < -0.4 is 17.1 Å². The van der Waals surface area contributed by atoms with Gasteiger partial charge in [-0.15, -0.1) is 5.10 Å². The molecular formula is C33H39N7. The van der Waals surface area contributed by atoms with Gasteiger partial charge in [-0.2, -0.15) is 0 Å². The number of hydrazone groups is 1. The van der Waals surface area contributed by atoms with Gasteiger partial charge in [0.25, 0.3) is 0 Å². The predicted molar refractivity (Wildman–Crippen MR) is 166 cm³/mol. The molecule has 7 nitrogen and oxygen atoms in total. The highest BCUT2D eigenvalue weighted by Crippen LogP contribution is 2.28. The SMILES string of the molecule is CC.CCc1nc2c(C)cc(C)nc2n1Cc1ccc(-c2cc(Cc3ccccc3)ccc2/C(N)=N/NN)cc1. The van der Waals surface area contributed by atoms with Crippen LogP contribution in [0.4, 0.5) is 0 Å². The molecule has 5 aromatic rings. The molecule has 2 aromatic heterocycles. The van der Waals surface area contributed by atoms with Crippen molar-refractivity contribution >= 4 is 17.0 Å². The average Bonchev–Trinajstić information content (AvgIpc) is 3.32. The molecule has 0 aliphatic heterocycles. The molecule has 0 saturated carbocycles. The number of nitrogens with two attached hydrogens (primary N) is 2. The van der Waals surface area contributed by atoms with Gasteiger partial charge in [-0.25, -0.2) is 21.3 Å². The molecule has 0 radical (unpaired) electrons. The van der Waals surface area contributed by atoms with Crippen molar-refractivity contribution in [2.45, 2.75) is 54.0 Å². The molecule has 0 spiro atoms. The lowest BCUT2D eigenvalue weighted by atomic mass is 9.93. The summed E-state index contributed by atoms with van der Waals surface area (Å²) in [6, 6.07) is 27.4. The lowest BCUT2D eigenvalue weighted by Crippen LogP contribution is -2.23. The zero-order valence-electron chi connectivity index (χ0n) is 24.1. The van der Waals surface area contributed by atoms with Gasteiger partial charge in [0.05, 0.1) is 6.54 Å². The number of nitrogens with one attached hydrogen (secondary N) is 1. The largest absolute Gasteiger partial charge is 0.382 e. The summed E-state index contributed by atoms with van der Waals surface area (Å²) in [4.78, 5) is 9.70. The first-order chi connectivity index (χ1) is 19.5. The number of hydrogen-bond donors (Lipinski definition) is 3. The number of aryl methyl sites for hydroxylation is 3. The highest BCUT2D eigenvalue weighted by molar-refractivity contribution is 6.03.